The normalized spacial score (nSPS) is 37.2. The molecule has 1 nitrogen and oxygen atoms in total. The first-order valence-electron chi connectivity index (χ1n) is 5.76. The van der Waals surface area contributed by atoms with Crippen LogP contribution in [-0.2, 0) is 4.79 Å². The molecule has 2 atom stereocenters. The van der Waals surface area contributed by atoms with Crippen LogP contribution in [0.3, 0.4) is 0 Å². The van der Waals surface area contributed by atoms with Gasteiger partial charge in [0.05, 0.1) is 0 Å². The minimum absolute atomic E-state index is 0.00859. The predicted octanol–water partition coefficient (Wildman–Crippen LogP) is 3.30. The molecule has 84 valence electrons. The Balaban J connectivity index is 2.16. The summed E-state index contributed by atoms with van der Waals surface area (Å²) in [6.45, 7) is 8.32. The van der Waals surface area contributed by atoms with Crippen molar-refractivity contribution < 1.29 is 4.79 Å². The highest BCUT2D eigenvalue weighted by molar-refractivity contribution is 7.99. The van der Waals surface area contributed by atoms with Crippen molar-refractivity contribution in [3.05, 3.63) is 12.7 Å². The van der Waals surface area contributed by atoms with Gasteiger partial charge in [-0.2, -0.15) is 11.8 Å². The van der Waals surface area contributed by atoms with Crippen molar-refractivity contribution in [1.29, 1.82) is 0 Å². The van der Waals surface area contributed by atoms with E-state index in [0.29, 0.717) is 11.7 Å². The molecule has 2 heteroatoms. The van der Waals surface area contributed by atoms with Gasteiger partial charge in [0.2, 0.25) is 0 Å². The number of fused-ring (bicyclic) bond motifs is 2. The standard InChI is InChI=1S/C13H20OS/c1-4-7-15-9-13-6-5-10(8-11(13)14)12(13,2)3/h4,10H,1,5-9H2,2-3H3/t10-,13-/m1/s1. The van der Waals surface area contributed by atoms with Crippen LogP contribution in [0, 0.1) is 16.7 Å². The van der Waals surface area contributed by atoms with Gasteiger partial charge in [-0.3, -0.25) is 4.79 Å². The Bertz CT molecular complexity index is 295. The third kappa shape index (κ3) is 1.41. The summed E-state index contributed by atoms with van der Waals surface area (Å²) in [7, 11) is 0. The molecule has 0 unspecified atom stereocenters. The lowest BCUT2D eigenvalue weighted by atomic mass is 9.70. The van der Waals surface area contributed by atoms with Crippen LogP contribution in [0.15, 0.2) is 12.7 Å². The lowest BCUT2D eigenvalue weighted by molar-refractivity contribution is -0.127. The van der Waals surface area contributed by atoms with E-state index in [2.05, 4.69) is 20.4 Å². The molecule has 2 rings (SSSR count). The minimum Gasteiger partial charge on any atom is -0.299 e. The molecule has 0 aromatic heterocycles. The van der Waals surface area contributed by atoms with Gasteiger partial charge in [0.15, 0.2) is 0 Å². The SMILES string of the molecule is C=CCSC[C@]12CC[C@H](CC1=O)C2(C)C. The Kier molecular flexibility index (Phi) is 2.74. The van der Waals surface area contributed by atoms with Gasteiger partial charge >= 0.3 is 0 Å². The number of thioether (sulfide) groups is 1. The Labute approximate surface area is 96.7 Å². The van der Waals surface area contributed by atoms with E-state index >= 15 is 0 Å². The molecule has 0 aromatic rings. The fourth-order valence-electron chi connectivity index (χ4n) is 3.42. The molecule has 2 aliphatic carbocycles. The highest BCUT2D eigenvalue weighted by Gasteiger charge is 2.63. The molecule has 0 radical (unpaired) electrons. The van der Waals surface area contributed by atoms with Gasteiger partial charge in [0.25, 0.3) is 0 Å². The second kappa shape index (κ2) is 3.65. The Morgan fingerprint density at radius 1 is 1.60 bits per heavy atom. The van der Waals surface area contributed by atoms with Gasteiger partial charge in [-0.05, 0) is 24.2 Å². The summed E-state index contributed by atoms with van der Waals surface area (Å²) >= 11 is 1.87. The number of carbonyl (C=O) groups excluding carboxylic acids is 1. The zero-order valence-corrected chi connectivity index (χ0v) is 10.5. The molecule has 0 heterocycles. The molecule has 2 bridgehead atoms. The smallest absolute Gasteiger partial charge is 0.140 e. The number of ketones is 1. The first kappa shape index (κ1) is 11.3. The minimum atomic E-state index is -0.00859. The van der Waals surface area contributed by atoms with Crippen molar-refractivity contribution in [2.75, 3.05) is 11.5 Å². The molecule has 2 aliphatic rings. The van der Waals surface area contributed by atoms with Gasteiger partial charge in [0.1, 0.15) is 5.78 Å². The van der Waals surface area contributed by atoms with E-state index in [9.17, 15) is 4.79 Å². The Morgan fingerprint density at radius 3 is 2.80 bits per heavy atom. The fourth-order valence-corrected chi connectivity index (χ4v) is 4.73. The zero-order chi connectivity index (χ0) is 11.1. The lowest BCUT2D eigenvalue weighted by Gasteiger charge is -2.36. The highest BCUT2D eigenvalue weighted by atomic mass is 32.2. The van der Waals surface area contributed by atoms with Gasteiger partial charge in [-0.15, -0.1) is 6.58 Å². The van der Waals surface area contributed by atoms with E-state index in [1.54, 1.807) is 0 Å². The number of carbonyl (C=O) groups is 1. The predicted molar refractivity (Wildman–Crippen MR) is 66.1 cm³/mol. The summed E-state index contributed by atoms with van der Waals surface area (Å²) in [5.41, 5.74) is 0.226. The molecule has 0 spiro atoms. The maximum Gasteiger partial charge on any atom is 0.140 e. The van der Waals surface area contributed by atoms with Crippen molar-refractivity contribution in [2.24, 2.45) is 16.7 Å². The highest BCUT2D eigenvalue weighted by Crippen LogP contribution is 2.64. The Hall–Kier alpha value is -0.240. The fraction of sp³-hybridized carbons (Fsp3) is 0.769. The molecule has 2 fully saturated rings. The monoisotopic (exact) mass is 224 g/mol. The zero-order valence-electron chi connectivity index (χ0n) is 9.71. The van der Waals surface area contributed by atoms with Crippen LogP contribution in [0.25, 0.3) is 0 Å². The topological polar surface area (TPSA) is 17.1 Å². The van der Waals surface area contributed by atoms with E-state index in [-0.39, 0.29) is 10.8 Å². The summed E-state index contributed by atoms with van der Waals surface area (Å²) in [4.78, 5) is 12.1. The number of rotatable bonds is 4. The molecule has 0 amide bonds. The molecule has 0 aliphatic heterocycles. The summed E-state index contributed by atoms with van der Waals surface area (Å²) in [5.74, 6) is 3.14. The molecular weight excluding hydrogens is 204 g/mol. The summed E-state index contributed by atoms with van der Waals surface area (Å²) in [6, 6.07) is 0. The van der Waals surface area contributed by atoms with E-state index in [1.165, 1.54) is 6.42 Å². The third-order valence-electron chi connectivity index (χ3n) is 4.72. The van der Waals surface area contributed by atoms with E-state index in [4.69, 9.17) is 0 Å². The van der Waals surface area contributed by atoms with Gasteiger partial charge in [0, 0.05) is 23.3 Å². The van der Waals surface area contributed by atoms with Gasteiger partial charge in [-0.1, -0.05) is 19.9 Å². The quantitative estimate of drug-likeness (QED) is 0.538. The van der Waals surface area contributed by atoms with Gasteiger partial charge in [-0.25, -0.2) is 0 Å². The first-order chi connectivity index (χ1) is 7.04. The number of hydrogen-bond donors (Lipinski definition) is 0. The molecule has 0 N–H and O–H groups in total. The van der Waals surface area contributed by atoms with E-state index in [0.717, 1.165) is 24.3 Å². The van der Waals surface area contributed by atoms with Gasteiger partial charge < -0.3 is 0 Å². The van der Waals surface area contributed by atoms with Crippen molar-refractivity contribution in [3.8, 4) is 0 Å². The van der Waals surface area contributed by atoms with Crippen LogP contribution in [0.1, 0.15) is 33.1 Å². The summed E-state index contributed by atoms with van der Waals surface area (Å²) in [5, 5.41) is 0. The third-order valence-corrected chi connectivity index (χ3v) is 5.89. The number of Topliss-reactive ketones (excluding diaryl/α,β-unsaturated/α-hetero) is 1. The second-order valence-electron chi connectivity index (χ2n) is 5.47. The maximum absolute atomic E-state index is 12.1. The van der Waals surface area contributed by atoms with Crippen LogP contribution in [0.5, 0.6) is 0 Å². The van der Waals surface area contributed by atoms with Crippen molar-refractivity contribution in [3.63, 3.8) is 0 Å². The van der Waals surface area contributed by atoms with E-state index in [1.807, 2.05) is 17.8 Å². The van der Waals surface area contributed by atoms with Crippen LogP contribution < -0.4 is 0 Å². The summed E-state index contributed by atoms with van der Waals surface area (Å²) in [6.07, 6.45) is 5.14. The molecular formula is C13H20OS. The molecule has 15 heavy (non-hydrogen) atoms. The lowest BCUT2D eigenvalue weighted by Crippen LogP contribution is -2.38. The van der Waals surface area contributed by atoms with Crippen molar-refractivity contribution >= 4 is 17.5 Å². The molecule has 2 saturated carbocycles. The molecule has 0 saturated heterocycles. The van der Waals surface area contributed by atoms with Crippen LogP contribution in [0.4, 0.5) is 0 Å². The Morgan fingerprint density at radius 2 is 2.33 bits per heavy atom. The van der Waals surface area contributed by atoms with Crippen LogP contribution >= 0.6 is 11.8 Å². The second-order valence-corrected chi connectivity index (χ2v) is 6.50. The van der Waals surface area contributed by atoms with E-state index < -0.39 is 0 Å². The average molecular weight is 224 g/mol. The van der Waals surface area contributed by atoms with Crippen LogP contribution in [0.2, 0.25) is 0 Å². The van der Waals surface area contributed by atoms with Crippen LogP contribution in [-0.4, -0.2) is 17.3 Å². The first-order valence-corrected chi connectivity index (χ1v) is 6.92. The van der Waals surface area contributed by atoms with Crippen molar-refractivity contribution in [2.45, 2.75) is 33.1 Å². The number of hydrogen-bond acceptors (Lipinski definition) is 2. The largest absolute Gasteiger partial charge is 0.299 e. The molecule has 0 aromatic carbocycles. The summed E-state index contributed by atoms with van der Waals surface area (Å²) < 4.78 is 0. The maximum atomic E-state index is 12.1. The average Bonchev–Trinajstić information content (AvgIpc) is 2.52. The van der Waals surface area contributed by atoms with Crippen molar-refractivity contribution in [1.82, 2.24) is 0 Å².